The Bertz CT molecular complexity index is 856. The normalized spacial score (nSPS) is 14.4. The van der Waals surface area contributed by atoms with Gasteiger partial charge in [0.15, 0.2) is 0 Å². The fourth-order valence-corrected chi connectivity index (χ4v) is 3.65. The monoisotopic (exact) mass is 395 g/mol. The van der Waals surface area contributed by atoms with Gasteiger partial charge in [-0.05, 0) is 50.3 Å². The van der Waals surface area contributed by atoms with E-state index in [1.54, 1.807) is 0 Å². The van der Waals surface area contributed by atoms with Gasteiger partial charge >= 0.3 is 0 Å². The zero-order valence-corrected chi connectivity index (χ0v) is 18.3. The molecule has 0 saturated carbocycles. The van der Waals surface area contributed by atoms with E-state index in [-0.39, 0.29) is 5.91 Å². The predicted molar refractivity (Wildman–Crippen MR) is 119 cm³/mol. The van der Waals surface area contributed by atoms with Crippen molar-refractivity contribution in [2.24, 2.45) is 5.92 Å². The molecule has 3 rings (SSSR count). The van der Waals surface area contributed by atoms with Crippen molar-refractivity contribution in [3.63, 3.8) is 0 Å². The van der Waals surface area contributed by atoms with Crippen molar-refractivity contribution in [3.05, 3.63) is 46.9 Å². The van der Waals surface area contributed by atoms with Crippen LogP contribution in [0.5, 0.6) is 0 Å². The second-order valence-electron chi connectivity index (χ2n) is 8.29. The van der Waals surface area contributed by atoms with Crippen molar-refractivity contribution in [1.29, 1.82) is 0 Å². The van der Waals surface area contributed by atoms with Gasteiger partial charge in [-0.15, -0.1) is 0 Å². The van der Waals surface area contributed by atoms with E-state index in [0.29, 0.717) is 24.0 Å². The number of aromatic nitrogens is 2. The van der Waals surface area contributed by atoms with Crippen molar-refractivity contribution in [1.82, 2.24) is 15.3 Å². The molecule has 1 N–H and O–H groups in total. The minimum atomic E-state index is -0.119. The van der Waals surface area contributed by atoms with Crippen molar-refractivity contribution in [2.75, 3.05) is 42.5 Å². The van der Waals surface area contributed by atoms with E-state index in [0.717, 1.165) is 38.4 Å². The van der Waals surface area contributed by atoms with Gasteiger partial charge in [0.25, 0.3) is 5.91 Å². The van der Waals surface area contributed by atoms with Crippen LogP contribution in [0.25, 0.3) is 0 Å². The number of carbonyl (C=O) groups excluding carboxylic acids is 1. The SMILES string of the molecule is Cc1nc(C(=O)NCCC(C)C)cc(N2CCN(c3cccc(C)c3C)CC2)n1. The molecule has 1 saturated heterocycles. The highest BCUT2D eigenvalue weighted by molar-refractivity contribution is 5.92. The van der Waals surface area contributed by atoms with Crippen LogP contribution in [0, 0.1) is 26.7 Å². The number of piperazine rings is 1. The van der Waals surface area contributed by atoms with Crippen LogP contribution in [0.1, 0.15) is 47.7 Å². The number of hydrogen-bond donors (Lipinski definition) is 1. The van der Waals surface area contributed by atoms with Gasteiger partial charge in [0, 0.05) is 44.5 Å². The summed E-state index contributed by atoms with van der Waals surface area (Å²) in [5, 5.41) is 2.97. The third-order valence-corrected chi connectivity index (χ3v) is 5.58. The molecule has 0 radical (unpaired) electrons. The molecule has 1 aromatic heterocycles. The Balaban J connectivity index is 1.66. The molecule has 2 aromatic rings. The van der Waals surface area contributed by atoms with Crippen LogP contribution in [0.3, 0.4) is 0 Å². The van der Waals surface area contributed by atoms with E-state index in [1.165, 1.54) is 16.8 Å². The van der Waals surface area contributed by atoms with Gasteiger partial charge in [0.2, 0.25) is 0 Å². The summed E-state index contributed by atoms with van der Waals surface area (Å²) >= 11 is 0. The van der Waals surface area contributed by atoms with Gasteiger partial charge < -0.3 is 15.1 Å². The van der Waals surface area contributed by atoms with Crippen LogP contribution in [-0.4, -0.2) is 48.6 Å². The van der Waals surface area contributed by atoms with Gasteiger partial charge in [-0.1, -0.05) is 26.0 Å². The molecule has 1 aliphatic rings. The summed E-state index contributed by atoms with van der Waals surface area (Å²) in [5.74, 6) is 1.92. The van der Waals surface area contributed by atoms with Crippen molar-refractivity contribution < 1.29 is 4.79 Å². The van der Waals surface area contributed by atoms with E-state index >= 15 is 0 Å². The summed E-state index contributed by atoms with van der Waals surface area (Å²) < 4.78 is 0. The summed E-state index contributed by atoms with van der Waals surface area (Å²) in [7, 11) is 0. The first-order valence-corrected chi connectivity index (χ1v) is 10.5. The van der Waals surface area contributed by atoms with Gasteiger partial charge in [-0.25, -0.2) is 9.97 Å². The molecule has 6 nitrogen and oxygen atoms in total. The Kier molecular flexibility index (Phi) is 6.72. The molecule has 0 spiro atoms. The molecule has 1 amide bonds. The van der Waals surface area contributed by atoms with E-state index in [1.807, 2.05) is 13.0 Å². The average Bonchev–Trinajstić information content (AvgIpc) is 2.69. The lowest BCUT2D eigenvalue weighted by molar-refractivity contribution is 0.0946. The standard InChI is InChI=1S/C23H33N5O/c1-16(2)9-10-24-23(29)20-15-22(26-19(5)25-20)28-13-11-27(12-14-28)21-8-6-7-17(3)18(21)4/h6-8,15-16H,9-14H2,1-5H3,(H,24,29). The number of hydrogen-bond acceptors (Lipinski definition) is 5. The molecule has 0 aliphatic carbocycles. The Morgan fingerprint density at radius 2 is 1.76 bits per heavy atom. The van der Waals surface area contributed by atoms with Crippen LogP contribution >= 0.6 is 0 Å². The summed E-state index contributed by atoms with van der Waals surface area (Å²) in [4.78, 5) is 26.1. The molecule has 1 aromatic carbocycles. The maximum Gasteiger partial charge on any atom is 0.270 e. The number of aryl methyl sites for hydroxylation is 2. The molecule has 29 heavy (non-hydrogen) atoms. The Morgan fingerprint density at radius 3 is 2.45 bits per heavy atom. The zero-order chi connectivity index (χ0) is 21.0. The number of amides is 1. The highest BCUT2D eigenvalue weighted by Gasteiger charge is 2.21. The number of benzene rings is 1. The quantitative estimate of drug-likeness (QED) is 0.811. The summed E-state index contributed by atoms with van der Waals surface area (Å²) in [6, 6.07) is 8.31. The third kappa shape index (κ3) is 5.25. The van der Waals surface area contributed by atoms with Crippen LogP contribution in [0.2, 0.25) is 0 Å². The van der Waals surface area contributed by atoms with Crippen molar-refractivity contribution in [2.45, 2.75) is 41.0 Å². The first kappa shape index (κ1) is 21.1. The zero-order valence-electron chi connectivity index (χ0n) is 18.3. The molecular weight excluding hydrogens is 362 g/mol. The summed E-state index contributed by atoms with van der Waals surface area (Å²) in [6.45, 7) is 14.8. The fraction of sp³-hybridized carbons (Fsp3) is 0.522. The van der Waals surface area contributed by atoms with E-state index in [4.69, 9.17) is 0 Å². The Labute approximate surface area is 174 Å². The minimum Gasteiger partial charge on any atom is -0.368 e. The maximum atomic E-state index is 12.5. The fourth-order valence-electron chi connectivity index (χ4n) is 3.65. The van der Waals surface area contributed by atoms with Crippen LogP contribution in [0.15, 0.2) is 24.3 Å². The van der Waals surface area contributed by atoms with Crippen LogP contribution < -0.4 is 15.1 Å². The molecule has 0 atom stereocenters. The minimum absolute atomic E-state index is 0.119. The molecule has 6 heteroatoms. The second kappa shape index (κ2) is 9.25. The van der Waals surface area contributed by atoms with Crippen LogP contribution in [0.4, 0.5) is 11.5 Å². The van der Waals surface area contributed by atoms with Gasteiger partial charge in [-0.2, -0.15) is 0 Å². The second-order valence-corrected chi connectivity index (χ2v) is 8.29. The number of carbonyl (C=O) groups is 1. The maximum absolute atomic E-state index is 12.5. The first-order chi connectivity index (χ1) is 13.8. The number of nitrogens with one attached hydrogen (secondary N) is 1. The van der Waals surface area contributed by atoms with Gasteiger partial charge in [-0.3, -0.25) is 4.79 Å². The lowest BCUT2D eigenvalue weighted by atomic mass is 10.1. The molecule has 1 fully saturated rings. The Hall–Kier alpha value is -2.63. The highest BCUT2D eigenvalue weighted by Crippen LogP contribution is 2.25. The van der Waals surface area contributed by atoms with Crippen LogP contribution in [-0.2, 0) is 0 Å². The van der Waals surface area contributed by atoms with Gasteiger partial charge in [0.1, 0.15) is 17.3 Å². The molecule has 0 unspecified atom stereocenters. The number of nitrogens with zero attached hydrogens (tertiary/aromatic N) is 4. The summed E-state index contributed by atoms with van der Waals surface area (Å²) in [6.07, 6.45) is 0.961. The molecule has 0 bridgehead atoms. The van der Waals surface area contributed by atoms with Gasteiger partial charge in [0.05, 0.1) is 0 Å². The Morgan fingerprint density at radius 1 is 1.07 bits per heavy atom. The van der Waals surface area contributed by atoms with E-state index in [2.05, 4.69) is 71.0 Å². The number of anilines is 2. The number of rotatable bonds is 6. The van der Waals surface area contributed by atoms with Crippen molar-refractivity contribution in [3.8, 4) is 0 Å². The van der Waals surface area contributed by atoms with E-state index in [9.17, 15) is 4.79 Å². The summed E-state index contributed by atoms with van der Waals surface area (Å²) in [5.41, 5.74) is 4.44. The lowest BCUT2D eigenvalue weighted by Crippen LogP contribution is -2.47. The van der Waals surface area contributed by atoms with E-state index < -0.39 is 0 Å². The average molecular weight is 396 g/mol. The predicted octanol–water partition coefficient (Wildman–Crippen LogP) is 3.50. The largest absolute Gasteiger partial charge is 0.368 e. The topological polar surface area (TPSA) is 61.4 Å². The smallest absolute Gasteiger partial charge is 0.270 e. The van der Waals surface area contributed by atoms with Crippen molar-refractivity contribution >= 4 is 17.4 Å². The lowest BCUT2D eigenvalue weighted by Gasteiger charge is -2.37. The molecule has 2 heterocycles. The highest BCUT2D eigenvalue weighted by atomic mass is 16.1. The first-order valence-electron chi connectivity index (χ1n) is 10.5. The molecule has 1 aliphatic heterocycles. The molecule has 156 valence electrons. The molecular formula is C23H33N5O. The third-order valence-electron chi connectivity index (χ3n) is 5.58.